The van der Waals surface area contributed by atoms with Gasteiger partial charge in [0, 0.05) is 6.42 Å². The highest BCUT2D eigenvalue weighted by Crippen LogP contribution is 2.33. The van der Waals surface area contributed by atoms with Crippen molar-refractivity contribution in [1.29, 1.82) is 0 Å². The van der Waals surface area contributed by atoms with Gasteiger partial charge in [-0.25, -0.2) is 0 Å². The molecule has 0 aromatic heterocycles. The molecule has 4 heteroatoms. The Morgan fingerprint density at radius 1 is 1.41 bits per heavy atom. The molecule has 1 aliphatic rings. The lowest BCUT2D eigenvalue weighted by molar-refractivity contribution is -0.118. The van der Waals surface area contributed by atoms with E-state index in [1.807, 2.05) is 30.3 Å². The number of benzene rings is 1. The predicted molar refractivity (Wildman–Crippen MR) is 62.6 cm³/mol. The number of ketones is 1. The maximum Gasteiger partial charge on any atom is 0.323 e. The number of hydrogen-bond acceptors (Lipinski definition) is 2. The molecule has 2 rings (SSSR count). The Hall–Kier alpha value is -1.77. The fourth-order valence-corrected chi connectivity index (χ4v) is 2.11. The summed E-state index contributed by atoms with van der Waals surface area (Å²) in [4.78, 5) is 14.0. The van der Waals surface area contributed by atoms with Crippen LogP contribution in [-0.2, 0) is 9.53 Å². The third kappa shape index (κ3) is 3.09. The van der Waals surface area contributed by atoms with Crippen molar-refractivity contribution in [3.63, 3.8) is 0 Å². The standard InChI is InChI=1S/C13H14N2O2/c14-15-9-11(16)8-12-6-7-13(17-12)10-4-2-1-3-5-10/h1-5,9,12-13H,6-8H2/t12-,13+/m0/s1. The van der Waals surface area contributed by atoms with Gasteiger partial charge in [0.25, 0.3) is 0 Å². The molecule has 0 N–H and O–H groups in total. The summed E-state index contributed by atoms with van der Waals surface area (Å²) in [6.07, 6.45) is 3.03. The fourth-order valence-electron chi connectivity index (χ4n) is 2.11. The van der Waals surface area contributed by atoms with Crippen LogP contribution in [0.5, 0.6) is 0 Å². The van der Waals surface area contributed by atoms with E-state index in [0.29, 0.717) is 0 Å². The SMILES string of the molecule is [N-]=[N+]=CC(=O)C[C@@H]1CC[C@H](c2ccccc2)O1. The third-order valence-corrected chi connectivity index (χ3v) is 2.91. The number of nitrogens with zero attached hydrogens (tertiary/aromatic N) is 2. The summed E-state index contributed by atoms with van der Waals surface area (Å²) in [5.74, 6) is -0.203. The summed E-state index contributed by atoms with van der Waals surface area (Å²) < 4.78 is 5.80. The normalized spacial score (nSPS) is 23.1. The van der Waals surface area contributed by atoms with Crippen LogP contribution in [0.2, 0.25) is 0 Å². The smallest absolute Gasteiger partial charge is 0.323 e. The molecule has 1 aromatic rings. The molecular weight excluding hydrogens is 216 g/mol. The largest absolute Gasteiger partial charge is 0.370 e. The molecule has 0 bridgehead atoms. The van der Waals surface area contributed by atoms with Gasteiger partial charge in [-0.15, -0.1) is 0 Å². The van der Waals surface area contributed by atoms with Crippen molar-refractivity contribution < 1.29 is 14.3 Å². The monoisotopic (exact) mass is 230 g/mol. The predicted octanol–water partition coefficient (Wildman–Crippen LogP) is 2.17. The molecule has 1 fully saturated rings. The highest BCUT2D eigenvalue weighted by Gasteiger charge is 2.28. The van der Waals surface area contributed by atoms with E-state index in [-0.39, 0.29) is 24.4 Å². The summed E-state index contributed by atoms with van der Waals surface area (Å²) in [7, 11) is 0. The molecule has 88 valence electrons. The molecule has 1 aliphatic heterocycles. The molecule has 0 radical (unpaired) electrons. The maximum atomic E-state index is 11.3. The lowest BCUT2D eigenvalue weighted by Gasteiger charge is -2.12. The maximum absolute atomic E-state index is 11.3. The molecule has 2 atom stereocenters. The van der Waals surface area contributed by atoms with Gasteiger partial charge in [0.15, 0.2) is 0 Å². The molecule has 0 amide bonds. The molecule has 0 spiro atoms. The van der Waals surface area contributed by atoms with Crippen molar-refractivity contribution >= 4 is 12.0 Å². The van der Waals surface area contributed by atoms with Gasteiger partial charge in [0.05, 0.1) is 12.2 Å². The van der Waals surface area contributed by atoms with Crippen molar-refractivity contribution in [3.8, 4) is 0 Å². The van der Waals surface area contributed by atoms with Crippen LogP contribution < -0.4 is 0 Å². The second-order valence-electron chi connectivity index (χ2n) is 4.15. The van der Waals surface area contributed by atoms with Crippen molar-refractivity contribution in [2.75, 3.05) is 0 Å². The van der Waals surface area contributed by atoms with Crippen LogP contribution in [0.3, 0.4) is 0 Å². The van der Waals surface area contributed by atoms with Gasteiger partial charge in [-0.2, -0.15) is 4.79 Å². The molecule has 1 saturated heterocycles. The van der Waals surface area contributed by atoms with E-state index < -0.39 is 0 Å². The van der Waals surface area contributed by atoms with E-state index in [1.54, 1.807) is 0 Å². The second kappa shape index (κ2) is 5.53. The number of hydrogen-bond donors (Lipinski definition) is 0. The average molecular weight is 230 g/mol. The van der Waals surface area contributed by atoms with E-state index in [0.717, 1.165) is 24.6 Å². The highest BCUT2D eigenvalue weighted by atomic mass is 16.5. The van der Waals surface area contributed by atoms with Gasteiger partial charge < -0.3 is 10.3 Å². The molecule has 0 saturated carbocycles. The molecule has 0 unspecified atom stereocenters. The van der Waals surface area contributed by atoms with Gasteiger partial charge in [-0.1, -0.05) is 30.3 Å². The molecule has 1 aromatic carbocycles. The zero-order chi connectivity index (χ0) is 12.1. The minimum atomic E-state index is -0.203. The Morgan fingerprint density at radius 3 is 2.88 bits per heavy atom. The van der Waals surface area contributed by atoms with E-state index in [2.05, 4.69) is 4.79 Å². The van der Waals surface area contributed by atoms with Gasteiger partial charge in [0.1, 0.15) is 0 Å². The van der Waals surface area contributed by atoms with Gasteiger partial charge in [-0.05, 0) is 18.4 Å². The molecule has 1 heterocycles. The first-order valence-electron chi connectivity index (χ1n) is 5.70. The van der Waals surface area contributed by atoms with Gasteiger partial charge >= 0.3 is 6.21 Å². The van der Waals surface area contributed by atoms with Crippen molar-refractivity contribution in [2.24, 2.45) is 0 Å². The lowest BCUT2D eigenvalue weighted by Crippen LogP contribution is -2.14. The Morgan fingerprint density at radius 2 is 2.18 bits per heavy atom. The Labute approximate surface area is 99.8 Å². The van der Waals surface area contributed by atoms with Gasteiger partial charge in [-0.3, -0.25) is 4.79 Å². The molecule has 0 aliphatic carbocycles. The summed E-state index contributed by atoms with van der Waals surface area (Å²) in [5.41, 5.74) is 9.40. The number of carbonyl (C=O) groups excluding carboxylic acids is 1. The number of ether oxygens (including phenoxy) is 1. The van der Waals surface area contributed by atoms with Gasteiger partial charge in [0.2, 0.25) is 5.78 Å². The van der Waals surface area contributed by atoms with Crippen molar-refractivity contribution in [3.05, 3.63) is 41.4 Å². The number of carbonyl (C=O) groups is 1. The van der Waals surface area contributed by atoms with E-state index in [1.165, 1.54) is 0 Å². The third-order valence-electron chi connectivity index (χ3n) is 2.91. The first-order chi connectivity index (χ1) is 8.29. The Balaban J connectivity index is 1.92. The first kappa shape index (κ1) is 11.7. The van der Waals surface area contributed by atoms with Crippen LogP contribution >= 0.6 is 0 Å². The topological polar surface area (TPSA) is 62.7 Å². The van der Waals surface area contributed by atoms with E-state index >= 15 is 0 Å². The minimum Gasteiger partial charge on any atom is -0.370 e. The second-order valence-corrected chi connectivity index (χ2v) is 4.15. The molecular formula is C13H14N2O2. The van der Waals surface area contributed by atoms with E-state index in [9.17, 15) is 4.79 Å². The summed E-state index contributed by atoms with van der Waals surface area (Å²) in [6.45, 7) is 0. The fraction of sp³-hybridized carbons (Fsp3) is 0.385. The van der Waals surface area contributed by atoms with Crippen LogP contribution in [0, 0.1) is 0 Å². The minimum absolute atomic E-state index is 0.0642. The average Bonchev–Trinajstić information content (AvgIpc) is 2.79. The summed E-state index contributed by atoms with van der Waals surface area (Å²) in [6, 6.07) is 10.00. The summed E-state index contributed by atoms with van der Waals surface area (Å²) in [5, 5.41) is 0. The molecule has 17 heavy (non-hydrogen) atoms. The quantitative estimate of drug-likeness (QED) is 0.452. The molecule has 4 nitrogen and oxygen atoms in total. The van der Waals surface area contributed by atoms with Crippen molar-refractivity contribution in [2.45, 2.75) is 31.5 Å². The van der Waals surface area contributed by atoms with Crippen LogP contribution in [0.1, 0.15) is 30.9 Å². The number of Topliss-reactive ketones (excluding diaryl/α,β-unsaturated/α-hetero) is 1. The Bertz CT molecular complexity index is 438. The van der Waals surface area contributed by atoms with E-state index in [4.69, 9.17) is 10.3 Å². The number of rotatable bonds is 4. The summed E-state index contributed by atoms with van der Waals surface area (Å²) >= 11 is 0. The first-order valence-corrected chi connectivity index (χ1v) is 5.70. The highest BCUT2D eigenvalue weighted by molar-refractivity contribution is 6.25. The van der Waals surface area contributed by atoms with Crippen LogP contribution in [0.15, 0.2) is 30.3 Å². The van der Waals surface area contributed by atoms with Crippen LogP contribution in [0.4, 0.5) is 0 Å². The zero-order valence-electron chi connectivity index (χ0n) is 9.45. The lowest BCUT2D eigenvalue weighted by atomic mass is 10.1. The Kier molecular flexibility index (Phi) is 3.81. The van der Waals surface area contributed by atoms with Crippen LogP contribution in [-0.4, -0.2) is 22.9 Å². The van der Waals surface area contributed by atoms with Crippen LogP contribution in [0.25, 0.3) is 5.53 Å². The van der Waals surface area contributed by atoms with Crippen molar-refractivity contribution in [1.82, 2.24) is 0 Å². The zero-order valence-corrected chi connectivity index (χ0v) is 9.45.